The molecule has 0 aromatic heterocycles. The van der Waals surface area contributed by atoms with Gasteiger partial charge in [-0.05, 0) is 37.1 Å². The first-order chi connectivity index (χ1) is 14.0. The predicted molar refractivity (Wildman–Crippen MR) is 112 cm³/mol. The molecule has 6 nitrogen and oxygen atoms in total. The number of rotatable bonds is 9. The Morgan fingerprint density at radius 2 is 1.86 bits per heavy atom. The highest BCUT2D eigenvalue weighted by Gasteiger charge is 2.16. The minimum Gasteiger partial charge on any atom is -0.493 e. The van der Waals surface area contributed by atoms with Gasteiger partial charge in [0.2, 0.25) is 0 Å². The number of nitriles is 1. The van der Waals surface area contributed by atoms with Gasteiger partial charge in [-0.2, -0.15) is 5.26 Å². The van der Waals surface area contributed by atoms with Gasteiger partial charge in [-0.25, -0.2) is 0 Å². The molecule has 29 heavy (non-hydrogen) atoms. The van der Waals surface area contributed by atoms with Gasteiger partial charge in [0, 0.05) is 19.3 Å². The Hall–Kier alpha value is -3.46. The summed E-state index contributed by atoms with van der Waals surface area (Å²) in [4.78, 5) is 14.6. The molecule has 0 bridgehead atoms. The third kappa shape index (κ3) is 6.01. The summed E-state index contributed by atoms with van der Waals surface area (Å²) in [6.07, 6.45) is 1.61. The second kappa shape index (κ2) is 10.8. The summed E-state index contributed by atoms with van der Waals surface area (Å²) < 4.78 is 10.6. The van der Waals surface area contributed by atoms with Crippen molar-refractivity contribution in [1.82, 2.24) is 10.2 Å². The van der Waals surface area contributed by atoms with E-state index in [0.717, 1.165) is 11.1 Å². The third-order valence-electron chi connectivity index (χ3n) is 4.57. The number of hydrogen-bond donors (Lipinski definition) is 1. The molecule has 2 rings (SSSR count). The molecular formula is C23H27N3O3. The van der Waals surface area contributed by atoms with E-state index < -0.39 is 5.91 Å². The van der Waals surface area contributed by atoms with Crippen LogP contribution in [0.25, 0.3) is 0 Å². The molecule has 0 saturated heterocycles. The largest absolute Gasteiger partial charge is 0.493 e. The number of nitrogens with zero attached hydrogens (tertiary/aromatic N) is 2. The summed E-state index contributed by atoms with van der Waals surface area (Å²) in [6, 6.07) is 17.1. The van der Waals surface area contributed by atoms with Gasteiger partial charge in [-0.3, -0.25) is 4.79 Å². The van der Waals surface area contributed by atoms with Crippen molar-refractivity contribution < 1.29 is 14.3 Å². The van der Waals surface area contributed by atoms with Crippen LogP contribution in [-0.4, -0.2) is 31.6 Å². The van der Waals surface area contributed by atoms with Crippen molar-refractivity contribution in [3.63, 3.8) is 0 Å². The van der Waals surface area contributed by atoms with Crippen molar-refractivity contribution in [2.24, 2.45) is 0 Å². The number of benzene rings is 2. The summed E-state index contributed by atoms with van der Waals surface area (Å²) in [5.41, 5.74) is 2.03. The van der Waals surface area contributed by atoms with Gasteiger partial charge in [0.25, 0.3) is 5.91 Å². The molecule has 0 saturated carbocycles. The first kappa shape index (κ1) is 21.8. The van der Waals surface area contributed by atoms with Gasteiger partial charge in [-0.1, -0.05) is 36.4 Å². The van der Waals surface area contributed by atoms with Crippen molar-refractivity contribution in [2.45, 2.75) is 26.4 Å². The maximum Gasteiger partial charge on any atom is 0.263 e. The molecule has 152 valence electrons. The van der Waals surface area contributed by atoms with Crippen LogP contribution in [0.4, 0.5) is 0 Å². The molecule has 1 atom stereocenters. The molecular weight excluding hydrogens is 366 g/mol. The zero-order valence-electron chi connectivity index (χ0n) is 17.3. The molecule has 0 radical (unpaired) electrons. The van der Waals surface area contributed by atoms with Crippen LogP contribution in [0.15, 0.2) is 60.3 Å². The number of hydrogen-bond acceptors (Lipinski definition) is 5. The smallest absolute Gasteiger partial charge is 0.263 e. The standard InChI is InChI=1S/C23H27N3O3/c1-5-26(15-18-9-7-6-8-10-18)16-20(14-24)23(27)25-17(2)19-11-12-21(28-3)22(13-19)29-4/h6-13,16-17H,5,15H2,1-4H3,(H,25,27)/b20-16-. The van der Waals surface area contributed by atoms with E-state index in [1.165, 1.54) is 0 Å². The Kier molecular flexibility index (Phi) is 8.11. The van der Waals surface area contributed by atoms with E-state index in [1.54, 1.807) is 26.5 Å². The molecule has 0 spiro atoms. The summed E-state index contributed by atoms with van der Waals surface area (Å²) in [7, 11) is 3.13. The van der Waals surface area contributed by atoms with Crippen LogP contribution in [0.5, 0.6) is 11.5 Å². The normalized spacial score (nSPS) is 11.9. The molecule has 0 heterocycles. The van der Waals surface area contributed by atoms with Gasteiger partial charge < -0.3 is 19.7 Å². The minimum absolute atomic E-state index is 0.0649. The highest BCUT2D eigenvalue weighted by Crippen LogP contribution is 2.29. The van der Waals surface area contributed by atoms with Crippen molar-refractivity contribution in [3.8, 4) is 17.6 Å². The first-order valence-corrected chi connectivity index (χ1v) is 9.45. The van der Waals surface area contributed by atoms with E-state index in [2.05, 4.69) is 5.32 Å². The van der Waals surface area contributed by atoms with Crippen LogP contribution in [0.2, 0.25) is 0 Å². The van der Waals surface area contributed by atoms with E-state index >= 15 is 0 Å². The van der Waals surface area contributed by atoms with Crippen LogP contribution in [0.3, 0.4) is 0 Å². The zero-order chi connectivity index (χ0) is 21.2. The predicted octanol–water partition coefficient (Wildman–Crippen LogP) is 3.81. The maximum atomic E-state index is 12.7. The highest BCUT2D eigenvalue weighted by atomic mass is 16.5. The third-order valence-corrected chi connectivity index (χ3v) is 4.57. The average Bonchev–Trinajstić information content (AvgIpc) is 2.76. The number of methoxy groups -OCH3 is 2. The summed E-state index contributed by atoms with van der Waals surface area (Å²) >= 11 is 0. The monoisotopic (exact) mass is 393 g/mol. The van der Waals surface area contributed by atoms with Gasteiger partial charge in [0.1, 0.15) is 11.6 Å². The fourth-order valence-electron chi connectivity index (χ4n) is 2.87. The second-order valence-electron chi connectivity index (χ2n) is 6.51. The Bertz CT molecular complexity index is 888. The van der Waals surface area contributed by atoms with Gasteiger partial charge in [0.15, 0.2) is 11.5 Å². The zero-order valence-corrected chi connectivity index (χ0v) is 17.3. The van der Waals surface area contributed by atoms with E-state index in [9.17, 15) is 10.1 Å². The molecule has 1 unspecified atom stereocenters. The van der Waals surface area contributed by atoms with Crippen LogP contribution in [0, 0.1) is 11.3 Å². The van der Waals surface area contributed by atoms with Crippen LogP contribution >= 0.6 is 0 Å². The Labute approximate surface area is 172 Å². The molecule has 0 aliphatic carbocycles. The second-order valence-corrected chi connectivity index (χ2v) is 6.51. The van der Waals surface area contributed by atoms with E-state index in [-0.39, 0.29) is 11.6 Å². The fourth-order valence-corrected chi connectivity index (χ4v) is 2.87. The average molecular weight is 393 g/mol. The Morgan fingerprint density at radius 1 is 1.17 bits per heavy atom. The fraction of sp³-hybridized carbons (Fsp3) is 0.304. The van der Waals surface area contributed by atoms with Crippen LogP contribution in [0.1, 0.15) is 31.0 Å². The highest BCUT2D eigenvalue weighted by molar-refractivity contribution is 5.97. The molecule has 0 aliphatic rings. The molecule has 2 aromatic rings. The molecule has 2 aromatic carbocycles. The summed E-state index contributed by atoms with van der Waals surface area (Å²) in [6.45, 7) is 5.15. The van der Waals surface area contributed by atoms with Crippen molar-refractivity contribution in [1.29, 1.82) is 5.26 Å². The number of carbonyl (C=O) groups excluding carboxylic acids is 1. The summed E-state index contributed by atoms with van der Waals surface area (Å²) in [5, 5.41) is 12.4. The summed E-state index contributed by atoms with van der Waals surface area (Å²) in [5.74, 6) is 0.787. The van der Waals surface area contributed by atoms with E-state index in [1.807, 2.05) is 67.3 Å². The topological polar surface area (TPSA) is 74.6 Å². The molecule has 0 aliphatic heterocycles. The van der Waals surface area contributed by atoms with Crippen molar-refractivity contribution in [2.75, 3.05) is 20.8 Å². The number of carbonyl (C=O) groups is 1. The SMILES string of the molecule is CCN(/C=C(/C#N)C(=O)NC(C)c1ccc(OC)c(OC)c1)Cc1ccccc1. The number of nitrogens with one attached hydrogen (secondary N) is 1. The van der Waals surface area contributed by atoms with Gasteiger partial charge in [0.05, 0.1) is 20.3 Å². The lowest BCUT2D eigenvalue weighted by molar-refractivity contribution is -0.117. The van der Waals surface area contributed by atoms with Gasteiger partial charge >= 0.3 is 0 Å². The maximum absolute atomic E-state index is 12.7. The Morgan fingerprint density at radius 3 is 2.45 bits per heavy atom. The van der Waals surface area contributed by atoms with Crippen LogP contribution in [-0.2, 0) is 11.3 Å². The Balaban J connectivity index is 2.12. The number of amides is 1. The molecule has 0 fully saturated rings. The van der Waals surface area contributed by atoms with Crippen molar-refractivity contribution in [3.05, 3.63) is 71.4 Å². The lowest BCUT2D eigenvalue weighted by atomic mass is 10.1. The quantitative estimate of drug-likeness (QED) is 0.518. The lowest BCUT2D eigenvalue weighted by Crippen LogP contribution is -2.29. The molecule has 6 heteroatoms. The number of ether oxygens (including phenoxy) is 2. The van der Waals surface area contributed by atoms with E-state index in [4.69, 9.17) is 9.47 Å². The van der Waals surface area contributed by atoms with E-state index in [0.29, 0.717) is 24.6 Å². The van der Waals surface area contributed by atoms with Crippen LogP contribution < -0.4 is 14.8 Å². The van der Waals surface area contributed by atoms with Crippen molar-refractivity contribution >= 4 is 5.91 Å². The first-order valence-electron chi connectivity index (χ1n) is 9.45. The minimum atomic E-state index is -0.415. The van der Waals surface area contributed by atoms with Gasteiger partial charge in [-0.15, -0.1) is 0 Å². The molecule has 1 amide bonds. The lowest BCUT2D eigenvalue weighted by Gasteiger charge is -2.20. The molecule has 1 N–H and O–H groups in total.